The number of hydrogen-bond donors (Lipinski definition) is 2. The molecule has 5 nitrogen and oxygen atoms in total. The van der Waals surface area contributed by atoms with Crippen molar-refractivity contribution in [2.45, 2.75) is 61.3 Å². The number of rotatable bonds is 6. The minimum Gasteiger partial charge on any atom is -0.326 e. The topological polar surface area (TPSA) is 61.4 Å². The van der Waals surface area contributed by atoms with Gasteiger partial charge in [-0.2, -0.15) is 0 Å². The average Bonchev–Trinajstić information content (AvgIpc) is 2.76. The van der Waals surface area contributed by atoms with Crippen LogP contribution in [0.15, 0.2) is 53.4 Å². The highest BCUT2D eigenvalue weighted by atomic mass is 32.2. The molecule has 1 fully saturated rings. The molecule has 158 valence electrons. The summed E-state index contributed by atoms with van der Waals surface area (Å²) in [5.74, 6) is -0.242. The van der Waals surface area contributed by atoms with Crippen LogP contribution in [0.4, 0.5) is 11.4 Å². The molecule has 30 heavy (non-hydrogen) atoms. The van der Waals surface area contributed by atoms with Gasteiger partial charge in [-0.15, -0.1) is 11.8 Å². The molecule has 1 atom stereocenters. The van der Waals surface area contributed by atoms with Gasteiger partial charge in [-0.1, -0.05) is 49.6 Å². The van der Waals surface area contributed by atoms with Crippen molar-refractivity contribution in [1.29, 1.82) is 0 Å². The first kappa shape index (κ1) is 20.9. The number of para-hydroxylation sites is 2. The maximum absolute atomic E-state index is 12.8. The molecule has 1 saturated carbocycles. The molecule has 0 unspecified atom stereocenters. The standard InChI is InChI=1S/C24H29N3O2S/c1-27(18-10-3-2-4-11-18)16-17-9-5-6-12-19(17)25-23(28)15-22-24(29)26-20-13-7-8-14-21(20)30-22/h5-9,12-14,18,22H,2-4,10-11,15-16H2,1H3,(H,25,28)(H,26,29)/t22-/m0/s1. The number of benzene rings is 2. The quantitative estimate of drug-likeness (QED) is 0.694. The van der Waals surface area contributed by atoms with Crippen LogP contribution in [-0.4, -0.2) is 35.1 Å². The van der Waals surface area contributed by atoms with E-state index >= 15 is 0 Å². The fraction of sp³-hybridized carbons (Fsp3) is 0.417. The second kappa shape index (κ2) is 9.67. The van der Waals surface area contributed by atoms with Gasteiger partial charge in [0, 0.05) is 29.6 Å². The third-order valence-corrected chi connectivity index (χ3v) is 7.26. The van der Waals surface area contributed by atoms with E-state index in [1.54, 1.807) is 0 Å². The predicted molar refractivity (Wildman–Crippen MR) is 123 cm³/mol. The summed E-state index contributed by atoms with van der Waals surface area (Å²) in [4.78, 5) is 28.6. The van der Waals surface area contributed by atoms with Gasteiger partial charge in [0.25, 0.3) is 0 Å². The second-order valence-corrected chi connectivity index (χ2v) is 9.45. The maximum Gasteiger partial charge on any atom is 0.238 e. The van der Waals surface area contributed by atoms with E-state index in [9.17, 15) is 9.59 Å². The molecule has 0 bridgehead atoms. The Kier molecular flexibility index (Phi) is 6.75. The van der Waals surface area contributed by atoms with Gasteiger partial charge >= 0.3 is 0 Å². The summed E-state index contributed by atoms with van der Waals surface area (Å²) in [6.07, 6.45) is 6.60. The van der Waals surface area contributed by atoms with Crippen LogP contribution in [0.3, 0.4) is 0 Å². The minimum atomic E-state index is -0.419. The molecule has 2 aromatic rings. The number of fused-ring (bicyclic) bond motifs is 1. The number of anilines is 2. The van der Waals surface area contributed by atoms with E-state index in [2.05, 4.69) is 28.6 Å². The normalized spacial score (nSPS) is 19.3. The highest BCUT2D eigenvalue weighted by Crippen LogP contribution is 2.36. The number of amides is 2. The Hall–Kier alpha value is -2.31. The van der Waals surface area contributed by atoms with Crippen LogP contribution in [0.25, 0.3) is 0 Å². The van der Waals surface area contributed by atoms with Crippen molar-refractivity contribution in [1.82, 2.24) is 4.90 Å². The largest absolute Gasteiger partial charge is 0.326 e. The van der Waals surface area contributed by atoms with Crippen LogP contribution in [0.1, 0.15) is 44.1 Å². The third-order valence-electron chi connectivity index (χ3n) is 5.99. The summed E-state index contributed by atoms with van der Waals surface area (Å²) in [5.41, 5.74) is 2.78. The summed E-state index contributed by atoms with van der Waals surface area (Å²) < 4.78 is 0. The van der Waals surface area contributed by atoms with Crippen molar-refractivity contribution in [3.63, 3.8) is 0 Å². The van der Waals surface area contributed by atoms with Gasteiger partial charge in [0.1, 0.15) is 0 Å². The summed E-state index contributed by atoms with van der Waals surface area (Å²) >= 11 is 1.46. The lowest BCUT2D eigenvalue weighted by atomic mass is 9.94. The lowest BCUT2D eigenvalue weighted by molar-refractivity contribution is -0.120. The van der Waals surface area contributed by atoms with Crippen LogP contribution in [0, 0.1) is 0 Å². The Morgan fingerprint density at radius 2 is 1.83 bits per heavy atom. The molecule has 1 heterocycles. The Labute approximate surface area is 182 Å². The van der Waals surface area contributed by atoms with Crippen molar-refractivity contribution in [3.05, 3.63) is 54.1 Å². The van der Waals surface area contributed by atoms with Crippen molar-refractivity contribution >= 4 is 35.0 Å². The minimum absolute atomic E-state index is 0.112. The van der Waals surface area contributed by atoms with Crippen molar-refractivity contribution < 1.29 is 9.59 Å². The highest BCUT2D eigenvalue weighted by molar-refractivity contribution is 8.01. The molecular formula is C24H29N3O2S. The van der Waals surface area contributed by atoms with Crippen LogP contribution in [-0.2, 0) is 16.1 Å². The van der Waals surface area contributed by atoms with Gasteiger partial charge in [-0.25, -0.2) is 0 Å². The van der Waals surface area contributed by atoms with Crippen LogP contribution >= 0.6 is 11.8 Å². The van der Waals surface area contributed by atoms with Crippen molar-refractivity contribution in [2.75, 3.05) is 17.7 Å². The monoisotopic (exact) mass is 423 g/mol. The summed E-state index contributed by atoms with van der Waals surface area (Å²) in [6, 6.07) is 16.3. The SMILES string of the molecule is CN(Cc1ccccc1NC(=O)C[C@@H]1Sc2ccccc2NC1=O)C1CCCCC1. The first-order valence-corrected chi connectivity index (χ1v) is 11.6. The molecule has 2 N–H and O–H groups in total. The zero-order chi connectivity index (χ0) is 20.9. The fourth-order valence-corrected chi connectivity index (χ4v) is 5.41. The first-order valence-electron chi connectivity index (χ1n) is 10.7. The van der Waals surface area contributed by atoms with E-state index in [4.69, 9.17) is 0 Å². The zero-order valence-electron chi connectivity index (χ0n) is 17.4. The van der Waals surface area contributed by atoms with E-state index in [0.717, 1.165) is 28.4 Å². The lowest BCUT2D eigenvalue weighted by Gasteiger charge is -2.31. The fourth-order valence-electron chi connectivity index (χ4n) is 4.30. The van der Waals surface area contributed by atoms with Crippen LogP contribution in [0.2, 0.25) is 0 Å². The van der Waals surface area contributed by atoms with E-state index in [1.165, 1.54) is 43.9 Å². The third kappa shape index (κ3) is 5.05. The van der Waals surface area contributed by atoms with Crippen molar-refractivity contribution in [3.8, 4) is 0 Å². The molecule has 0 radical (unpaired) electrons. The average molecular weight is 424 g/mol. The molecule has 0 aromatic heterocycles. The number of nitrogens with zero attached hydrogens (tertiary/aromatic N) is 1. The van der Waals surface area contributed by atoms with Gasteiger partial charge in [0.2, 0.25) is 11.8 Å². The molecule has 1 aliphatic heterocycles. The number of carbonyl (C=O) groups is 2. The number of carbonyl (C=O) groups excluding carboxylic acids is 2. The number of hydrogen-bond acceptors (Lipinski definition) is 4. The van der Waals surface area contributed by atoms with Gasteiger partial charge in [-0.05, 0) is 43.7 Å². The summed E-state index contributed by atoms with van der Waals surface area (Å²) in [6.45, 7) is 0.813. The van der Waals surface area contributed by atoms with Gasteiger partial charge in [-0.3, -0.25) is 14.5 Å². The number of nitrogens with one attached hydrogen (secondary N) is 2. The molecule has 2 aromatic carbocycles. The van der Waals surface area contributed by atoms with E-state index in [-0.39, 0.29) is 18.2 Å². The molecule has 2 aliphatic rings. The zero-order valence-corrected chi connectivity index (χ0v) is 18.2. The predicted octanol–water partition coefficient (Wildman–Crippen LogP) is 4.89. The first-order chi connectivity index (χ1) is 14.6. The van der Waals surface area contributed by atoms with Gasteiger partial charge in [0.05, 0.1) is 10.9 Å². The Morgan fingerprint density at radius 3 is 2.67 bits per heavy atom. The van der Waals surface area contributed by atoms with E-state index < -0.39 is 5.25 Å². The molecule has 1 aliphatic carbocycles. The molecule has 0 spiro atoms. The Morgan fingerprint density at radius 1 is 1.10 bits per heavy atom. The lowest BCUT2D eigenvalue weighted by Crippen LogP contribution is -2.34. The van der Waals surface area contributed by atoms with Crippen molar-refractivity contribution in [2.24, 2.45) is 0 Å². The molecule has 6 heteroatoms. The van der Waals surface area contributed by atoms with E-state index in [1.807, 2.05) is 42.5 Å². The molecule has 4 rings (SSSR count). The number of thioether (sulfide) groups is 1. The van der Waals surface area contributed by atoms with Crippen LogP contribution < -0.4 is 10.6 Å². The smallest absolute Gasteiger partial charge is 0.238 e. The molecule has 2 amide bonds. The summed E-state index contributed by atoms with van der Waals surface area (Å²) in [7, 11) is 2.18. The molecular weight excluding hydrogens is 394 g/mol. The van der Waals surface area contributed by atoms with Crippen LogP contribution in [0.5, 0.6) is 0 Å². The molecule has 0 saturated heterocycles. The second-order valence-electron chi connectivity index (χ2n) is 8.21. The Balaban J connectivity index is 1.38. The van der Waals surface area contributed by atoms with E-state index in [0.29, 0.717) is 6.04 Å². The highest BCUT2D eigenvalue weighted by Gasteiger charge is 2.29. The van der Waals surface area contributed by atoms with Gasteiger partial charge in [0.15, 0.2) is 0 Å². The summed E-state index contributed by atoms with van der Waals surface area (Å²) in [5, 5.41) is 5.54. The van der Waals surface area contributed by atoms with Gasteiger partial charge < -0.3 is 10.6 Å². The Bertz CT molecular complexity index is 911. The maximum atomic E-state index is 12.8.